The highest BCUT2D eigenvalue weighted by Gasteiger charge is 2.42. The van der Waals surface area contributed by atoms with Gasteiger partial charge in [-0.25, -0.2) is 0 Å². The average Bonchev–Trinajstić information content (AvgIpc) is 3.30. The summed E-state index contributed by atoms with van der Waals surface area (Å²) in [6, 6.07) is 18.2. The Morgan fingerprint density at radius 3 is 2.60 bits per heavy atom. The van der Waals surface area contributed by atoms with Crippen LogP contribution in [0.2, 0.25) is 0 Å². The van der Waals surface area contributed by atoms with Gasteiger partial charge in [-0.1, -0.05) is 25.1 Å². The second-order valence-electron chi connectivity index (χ2n) is 6.03. The molecule has 0 aliphatic carbocycles. The number of thiocarbonyl (C=S) groups is 1. The third kappa shape index (κ3) is 2.91. The Morgan fingerprint density at radius 1 is 1.12 bits per heavy atom. The maximum absolute atomic E-state index is 5.75. The van der Waals surface area contributed by atoms with E-state index in [4.69, 9.17) is 16.6 Å². The first kappa shape index (κ1) is 15.8. The summed E-state index contributed by atoms with van der Waals surface area (Å²) in [7, 11) is 0. The monoisotopic (exact) mass is 349 g/mol. The Kier molecular flexibility index (Phi) is 4.24. The second kappa shape index (κ2) is 6.69. The molecule has 0 spiro atoms. The highest BCUT2D eigenvalue weighted by atomic mass is 32.1. The lowest BCUT2D eigenvalue weighted by Gasteiger charge is -2.26. The molecule has 1 saturated heterocycles. The minimum Gasteiger partial charge on any atom is -0.467 e. The van der Waals surface area contributed by atoms with Crippen molar-refractivity contribution in [3.05, 3.63) is 84.1 Å². The topological polar surface area (TPSA) is 41.3 Å². The highest BCUT2D eigenvalue weighted by molar-refractivity contribution is 7.80. The molecule has 126 valence electrons. The number of furan rings is 1. The standard InChI is InChI=1S/C20H19N3OS/c1-2-14-8-10-15(11-9-14)23-19(17-7-5-13-24-17)18(22-20(23)25)16-6-3-4-12-21-16/h3-13,18-19H,2H2,1H3,(H,22,25)/t18-,19+/m0/s1. The molecule has 1 N–H and O–H groups in total. The largest absolute Gasteiger partial charge is 0.467 e. The van der Waals surface area contributed by atoms with Crippen molar-refractivity contribution in [2.75, 3.05) is 4.90 Å². The minimum absolute atomic E-state index is 0.0642. The molecule has 25 heavy (non-hydrogen) atoms. The van der Waals surface area contributed by atoms with E-state index in [1.54, 1.807) is 12.5 Å². The Bertz CT molecular complexity index is 846. The fraction of sp³-hybridized carbons (Fsp3) is 0.200. The smallest absolute Gasteiger partial charge is 0.174 e. The van der Waals surface area contributed by atoms with Gasteiger partial charge in [0.25, 0.3) is 0 Å². The molecule has 1 aliphatic heterocycles. The van der Waals surface area contributed by atoms with Gasteiger partial charge in [0.05, 0.1) is 18.0 Å². The second-order valence-corrected chi connectivity index (χ2v) is 6.42. The summed E-state index contributed by atoms with van der Waals surface area (Å²) < 4.78 is 5.75. The van der Waals surface area contributed by atoms with Gasteiger partial charge >= 0.3 is 0 Å². The van der Waals surface area contributed by atoms with E-state index in [9.17, 15) is 0 Å². The van der Waals surface area contributed by atoms with Crippen LogP contribution in [0, 0.1) is 0 Å². The number of nitrogens with zero attached hydrogens (tertiary/aromatic N) is 2. The Morgan fingerprint density at radius 2 is 1.96 bits per heavy atom. The molecule has 2 aromatic heterocycles. The number of hydrogen-bond acceptors (Lipinski definition) is 3. The van der Waals surface area contributed by atoms with Crippen molar-refractivity contribution in [2.24, 2.45) is 0 Å². The first-order chi connectivity index (χ1) is 12.3. The van der Waals surface area contributed by atoms with Gasteiger partial charge in [0.1, 0.15) is 11.8 Å². The van der Waals surface area contributed by atoms with Gasteiger partial charge in [0.15, 0.2) is 5.11 Å². The number of anilines is 1. The van der Waals surface area contributed by atoms with E-state index in [1.807, 2.05) is 30.3 Å². The molecular formula is C20H19N3OS. The van der Waals surface area contributed by atoms with Gasteiger partial charge in [-0.2, -0.15) is 0 Å². The zero-order valence-corrected chi connectivity index (χ0v) is 14.7. The van der Waals surface area contributed by atoms with E-state index in [0.717, 1.165) is 23.6 Å². The lowest BCUT2D eigenvalue weighted by molar-refractivity contribution is 0.432. The van der Waals surface area contributed by atoms with E-state index in [1.165, 1.54) is 5.56 Å². The molecule has 4 nitrogen and oxygen atoms in total. The fourth-order valence-electron chi connectivity index (χ4n) is 3.27. The van der Waals surface area contributed by atoms with Gasteiger partial charge in [-0.15, -0.1) is 0 Å². The van der Waals surface area contributed by atoms with Crippen molar-refractivity contribution >= 4 is 23.0 Å². The quantitative estimate of drug-likeness (QED) is 0.707. The van der Waals surface area contributed by atoms with Gasteiger partial charge in [0, 0.05) is 11.9 Å². The molecule has 0 amide bonds. The zero-order valence-electron chi connectivity index (χ0n) is 13.9. The van der Waals surface area contributed by atoms with Crippen LogP contribution in [0.15, 0.2) is 71.5 Å². The summed E-state index contributed by atoms with van der Waals surface area (Å²) in [5.74, 6) is 0.863. The number of hydrogen-bond donors (Lipinski definition) is 1. The van der Waals surface area contributed by atoms with Crippen LogP contribution >= 0.6 is 12.2 Å². The number of nitrogens with one attached hydrogen (secondary N) is 1. The SMILES string of the molecule is CCc1ccc(N2C(=S)N[C@@H](c3ccccn3)[C@H]2c2ccco2)cc1. The number of rotatable bonds is 4. The molecule has 4 rings (SSSR count). The third-order valence-electron chi connectivity index (χ3n) is 4.56. The van der Waals surface area contributed by atoms with Crippen molar-refractivity contribution in [1.29, 1.82) is 0 Å². The van der Waals surface area contributed by atoms with Crippen molar-refractivity contribution < 1.29 is 4.42 Å². The zero-order chi connectivity index (χ0) is 17.2. The van der Waals surface area contributed by atoms with Crippen LogP contribution in [0.25, 0.3) is 0 Å². The van der Waals surface area contributed by atoms with Gasteiger partial charge in [0.2, 0.25) is 0 Å². The maximum atomic E-state index is 5.75. The van der Waals surface area contributed by atoms with E-state index in [-0.39, 0.29) is 12.1 Å². The Labute approximate surface area is 152 Å². The van der Waals surface area contributed by atoms with Crippen molar-refractivity contribution in [3.8, 4) is 0 Å². The molecule has 5 heteroatoms. The van der Waals surface area contributed by atoms with E-state index in [0.29, 0.717) is 5.11 Å². The Hall–Kier alpha value is -2.66. The summed E-state index contributed by atoms with van der Waals surface area (Å²) in [5, 5.41) is 4.10. The van der Waals surface area contributed by atoms with Crippen LogP contribution in [-0.2, 0) is 6.42 Å². The normalized spacial score (nSPS) is 19.9. The van der Waals surface area contributed by atoms with Crippen LogP contribution in [0.3, 0.4) is 0 Å². The van der Waals surface area contributed by atoms with Crippen LogP contribution in [0.4, 0.5) is 5.69 Å². The molecule has 3 aromatic rings. The average molecular weight is 349 g/mol. The summed E-state index contributed by atoms with van der Waals surface area (Å²) >= 11 is 5.66. The van der Waals surface area contributed by atoms with E-state index < -0.39 is 0 Å². The van der Waals surface area contributed by atoms with Crippen LogP contribution in [-0.4, -0.2) is 10.1 Å². The minimum atomic E-state index is -0.0788. The fourth-order valence-corrected chi connectivity index (χ4v) is 3.62. The van der Waals surface area contributed by atoms with Crippen LogP contribution in [0.1, 0.15) is 36.0 Å². The molecule has 1 aliphatic rings. The number of aromatic nitrogens is 1. The van der Waals surface area contributed by atoms with E-state index in [2.05, 4.69) is 46.4 Å². The Balaban J connectivity index is 1.77. The predicted octanol–water partition coefficient (Wildman–Crippen LogP) is 4.41. The van der Waals surface area contributed by atoms with Crippen molar-refractivity contribution in [1.82, 2.24) is 10.3 Å². The molecule has 1 aromatic carbocycles. The number of aryl methyl sites for hydroxylation is 1. The summed E-state index contributed by atoms with van der Waals surface area (Å²) in [6.07, 6.45) is 4.52. The molecular weight excluding hydrogens is 330 g/mol. The third-order valence-corrected chi connectivity index (χ3v) is 4.87. The first-order valence-electron chi connectivity index (χ1n) is 8.41. The molecule has 0 bridgehead atoms. The maximum Gasteiger partial charge on any atom is 0.174 e. The number of benzene rings is 1. The van der Waals surface area contributed by atoms with Gasteiger partial charge < -0.3 is 14.6 Å². The van der Waals surface area contributed by atoms with Crippen LogP contribution < -0.4 is 10.2 Å². The van der Waals surface area contributed by atoms with Gasteiger partial charge in [-0.05, 0) is 60.6 Å². The molecule has 0 saturated carbocycles. The molecule has 1 fully saturated rings. The summed E-state index contributed by atoms with van der Waals surface area (Å²) in [4.78, 5) is 6.64. The summed E-state index contributed by atoms with van der Waals surface area (Å²) in [5.41, 5.74) is 3.30. The van der Waals surface area contributed by atoms with Crippen molar-refractivity contribution in [3.63, 3.8) is 0 Å². The summed E-state index contributed by atoms with van der Waals surface area (Å²) in [6.45, 7) is 2.15. The van der Waals surface area contributed by atoms with Crippen molar-refractivity contribution in [2.45, 2.75) is 25.4 Å². The molecule has 2 atom stereocenters. The van der Waals surface area contributed by atoms with Crippen LogP contribution in [0.5, 0.6) is 0 Å². The lowest BCUT2D eigenvalue weighted by atomic mass is 10.0. The van der Waals surface area contributed by atoms with Gasteiger partial charge in [-0.3, -0.25) is 4.98 Å². The number of pyridine rings is 1. The first-order valence-corrected chi connectivity index (χ1v) is 8.81. The predicted molar refractivity (Wildman–Crippen MR) is 102 cm³/mol. The highest BCUT2D eigenvalue weighted by Crippen LogP contribution is 2.41. The molecule has 0 unspecified atom stereocenters. The lowest BCUT2D eigenvalue weighted by Crippen LogP contribution is -2.29. The molecule has 0 radical (unpaired) electrons. The van der Waals surface area contributed by atoms with E-state index >= 15 is 0 Å². The molecule has 3 heterocycles.